The Labute approximate surface area is 175 Å². The summed E-state index contributed by atoms with van der Waals surface area (Å²) < 4.78 is 57.9. The fourth-order valence-electron chi connectivity index (χ4n) is 5.74. The first-order chi connectivity index (χ1) is 14.7. The van der Waals surface area contributed by atoms with Gasteiger partial charge in [-0.3, -0.25) is 4.79 Å². The van der Waals surface area contributed by atoms with E-state index in [1.807, 2.05) is 0 Å². The van der Waals surface area contributed by atoms with Gasteiger partial charge in [0.15, 0.2) is 29.5 Å². The Kier molecular flexibility index (Phi) is 4.39. The zero-order chi connectivity index (χ0) is 22.1. The number of alkyl halides is 2. The summed E-state index contributed by atoms with van der Waals surface area (Å²) >= 11 is 0. The third kappa shape index (κ3) is 3.03. The van der Waals surface area contributed by atoms with E-state index in [-0.39, 0.29) is 30.2 Å². The van der Waals surface area contributed by atoms with Crippen LogP contribution in [0, 0.1) is 35.6 Å². The zero-order valence-corrected chi connectivity index (χ0v) is 16.7. The summed E-state index contributed by atoms with van der Waals surface area (Å²) in [4.78, 5) is 15.8. The predicted molar refractivity (Wildman–Crippen MR) is 106 cm³/mol. The summed E-state index contributed by atoms with van der Waals surface area (Å²) in [5, 5.41) is 11.7. The molecule has 2 aromatic heterocycles. The quantitative estimate of drug-likeness (QED) is 0.363. The second-order valence-electron chi connectivity index (χ2n) is 8.73. The zero-order valence-electron chi connectivity index (χ0n) is 16.7. The Morgan fingerprint density at radius 3 is 2.77 bits per heavy atom. The van der Waals surface area contributed by atoms with Gasteiger partial charge in [0.25, 0.3) is 5.92 Å². The number of nitrogens with one attached hydrogen (secondary N) is 1. The van der Waals surface area contributed by atoms with Crippen LogP contribution in [0.4, 0.5) is 17.6 Å². The number of rotatable bonds is 2. The molecule has 0 bridgehead atoms. The van der Waals surface area contributed by atoms with Crippen molar-refractivity contribution in [1.82, 2.24) is 4.98 Å². The Bertz CT molecular complexity index is 1260. The molecule has 4 nitrogen and oxygen atoms in total. The number of fused-ring (bicyclic) bond motifs is 2. The summed E-state index contributed by atoms with van der Waals surface area (Å²) in [5.74, 6) is -7.05. The van der Waals surface area contributed by atoms with Gasteiger partial charge in [0.2, 0.25) is 0 Å². The minimum absolute atomic E-state index is 0.112. The maximum absolute atomic E-state index is 14.7. The van der Waals surface area contributed by atoms with Crippen LogP contribution in [0.5, 0.6) is 0 Å². The molecule has 2 aliphatic carbocycles. The fourth-order valence-corrected chi connectivity index (χ4v) is 5.74. The van der Waals surface area contributed by atoms with Gasteiger partial charge in [0.05, 0.1) is 5.52 Å². The van der Waals surface area contributed by atoms with E-state index in [4.69, 9.17) is 0 Å². The van der Waals surface area contributed by atoms with Gasteiger partial charge in [0.1, 0.15) is 5.39 Å². The molecule has 2 heterocycles. The van der Waals surface area contributed by atoms with Crippen LogP contribution in [0.3, 0.4) is 0 Å². The monoisotopic (exact) mass is 432 g/mol. The highest BCUT2D eigenvalue weighted by Gasteiger charge is 2.59. The van der Waals surface area contributed by atoms with Gasteiger partial charge >= 0.3 is 0 Å². The van der Waals surface area contributed by atoms with Gasteiger partial charge < -0.3 is 10.2 Å². The highest BCUT2D eigenvalue weighted by atomic mass is 19.3. The van der Waals surface area contributed by atoms with Gasteiger partial charge in [0, 0.05) is 36.1 Å². The van der Waals surface area contributed by atoms with Crippen LogP contribution in [0.15, 0.2) is 41.5 Å². The molecule has 0 spiro atoms. The Morgan fingerprint density at radius 2 is 2.00 bits per heavy atom. The summed E-state index contributed by atoms with van der Waals surface area (Å²) in [6, 6.07) is 5.32. The number of pyridine rings is 2. The average molecular weight is 432 g/mol. The molecule has 0 amide bonds. The van der Waals surface area contributed by atoms with E-state index >= 15 is 0 Å². The lowest BCUT2D eigenvalue weighted by molar-refractivity contribution is -0.603. The molecular formula is C23H20F4N2O2. The van der Waals surface area contributed by atoms with Crippen molar-refractivity contribution < 1.29 is 22.3 Å². The molecular weight excluding hydrogens is 412 g/mol. The molecule has 0 unspecified atom stereocenters. The van der Waals surface area contributed by atoms with Crippen molar-refractivity contribution in [3.63, 3.8) is 0 Å². The van der Waals surface area contributed by atoms with Gasteiger partial charge in [-0.05, 0) is 48.8 Å². The molecule has 4 atom stereocenters. The number of hydrogen-bond donors (Lipinski definition) is 1. The van der Waals surface area contributed by atoms with Crippen molar-refractivity contribution in [2.45, 2.75) is 43.9 Å². The number of H-pyrrole nitrogens is 1. The summed E-state index contributed by atoms with van der Waals surface area (Å²) in [6.07, 6.45) is 2.59. The standard InChI is InChI=1S/C23H20F4N2O2/c1-11-12(2-3-17(24)22(11)25)21-13-4-6-23(26,27)16(13)8-14(21)19-9-20(30)15-10-29(31)7-5-18(15)28-19/h2-3,5,7,9-10,13-14,16,21H,4,6,8H2,1H3,(H,28,30)/t13-,14+,16-,21-/m1/s1. The van der Waals surface area contributed by atoms with Crippen molar-refractivity contribution in [2.24, 2.45) is 11.8 Å². The number of aromatic nitrogens is 2. The van der Waals surface area contributed by atoms with E-state index in [0.717, 1.165) is 12.3 Å². The van der Waals surface area contributed by atoms with Gasteiger partial charge in [-0.25, -0.2) is 17.6 Å². The van der Waals surface area contributed by atoms with Gasteiger partial charge in [-0.1, -0.05) is 6.07 Å². The molecule has 3 aromatic rings. The molecule has 1 aromatic carbocycles. The molecule has 0 radical (unpaired) electrons. The van der Waals surface area contributed by atoms with E-state index in [1.165, 1.54) is 31.3 Å². The van der Waals surface area contributed by atoms with Crippen LogP contribution >= 0.6 is 0 Å². The second-order valence-corrected chi connectivity index (χ2v) is 8.73. The number of aromatic amines is 1. The SMILES string of the molecule is Cc1c([C@@H]2[C@@H]3CCC(F)(F)[C@@H]3C[C@H]2c2cc(=O)c3c[n+]([O-])ccc3[nH]2)ccc(F)c1F. The predicted octanol–water partition coefficient (Wildman–Crippen LogP) is 4.68. The maximum Gasteiger partial charge on any atom is 0.251 e. The van der Waals surface area contributed by atoms with Crippen molar-refractivity contribution >= 4 is 10.9 Å². The van der Waals surface area contributed by atoms with Crippen LogP contribution in [0.2, 0.25) is 0 Å². The van der Waals surface area contributed by atoms with E-state index in [0.29, 0.717) is 21.5 Å². The summed E-state index contributed by atoms with van der Waals surface area (Å²) in [6.45, 7) is 1.46. The number of halogens is 4. The Balaban J connectivity index is 1.68. The molecule has 0 saturated heterocycles. The number of nitrogens with zero attached hydrogens (tertiary/aromatic N) is 1. The van der Waals surface area contributed by atoms with Crippen molar-refractivity contribution in [2.75, 3.05) is 0 Å². The topological polar surface area (TPSA) is 59.8 Å². The second kappa shape index (κ2) is 6.80. The van der Waals surface area contributed by atoms with E-state index in [2.05, 4.69) is 4.98 Å². The first-order valence-corrected chi connectivity index (χ1v) is 10.3. The molecule has 5 rings (SSSR count). The third-order valence-corrected chi connectivity index (χ3v) is 7.18. The first-order valence-electron chi connectivity index (χ1n) is 10.3. The van der Waals surface area contributed by atoms with Gasteiger partial charge in [-0.15, -0.1) is 0 Å². The molecule has 31 heavy (non-hydrogen) atoms. The summed E-state index contributed by atoms with van der Waals surface area (Å²) in [7, 11) is 0. The van der Waals surface area contributed by atoms with Crippen LogP contribution in [-0.4, -0.2) is 10.9 Å². The minimum atomic E-state index is -2.84. The molecule has 8 heteroatoms. The lowest BCUT2D eigenvalue weighted by Crippen LogP contribution is -2.26. The van der Waals surface area contributed by atoms with Crippen LogP contribution in [0.25, 0.3) is 10.9 Å². The Hall–Kier alpha value is -2.90. The highest BCUT2D eigenvalue weighted by molar-refractivity contribution is 5.76. The van der Waals surface area contributed by atoms with Crippen LogP contribution in [0.1, 0.15) is 47.9 Å². The van der Waals surface area contributed by atoms with Gasteiger partial charge in [-0.2, -0.15) is 4.73 Å². The molecule has 0 aliphatic heterocycles. The molecule has 2 fully saturated rings. The fraction of sp³-hybridized carbons (Fsp3) is 0.391. The van der Waals surface area contributed by atoms with Crippen molar-refractivity contribution in [3.05, 3.63) is 80.5 Å². The van der Waals surface area contributed by atoms with E-state index < -0.39 is 46.7 Å². The molecule has 162 valence electrons. The van der Waals surface area contributed by atoms with Crippen LogP contribution in [-0.2, 0) is 0 Å². The molecule has 2 saturated carbocycles. The highest BCUT2D eigenvalue weighted by Crippen LogP contribution is 2.63. The molecule has 2 aliphatic rings. The normalized spacial score (nSPS) is 27.0. The largest absolute Gasteiger partial charge is 0.619 e. The molecule has 1 N–H and O–H groups in total. The lowest BCUT2D eigenvalue weighted by atomic mass is 9.78. The summed E-state index contributed by atoms with van der Waals surface area (Å²) in [5.41, 5.74) is 1.13. The minimum Gasteiger partial charge on any atom is -0.619 e. The number of hydrogen-bond acceptors (Lipinski definition) is 2. The van der Waals surface area contributed by atoms with E-state index in [1.54, 1.807) is 0 Å². The van der Waals surface area contributed by atoms with Crippen molar-refractivity contribution in [1.29, 1.82) is 0 Å². The smallest absolute Gasteiger partial charge is 0.251 e. The average Bonchev–Trinajstić information content (AvgIpc) is 3.24. The lowest BCUT2D eigenvalue weighted by Gasteiger charge is -2.26. The first kappa shape index (κ1) is 20.0. The Morgan fingerprint density at radius 1 is 1.23 bits per heavy atom. The third-order valence-electron chi connectivity index (χ3n) is 7.18. The maximum atomic E-state index is 14.7. The van der Waals surface area contributed by atoms with Crippen molar-refractivity contribution in [3.8, 4) is 0 Å². The van der Waals surface area contributed by atoms with Crippen LogP contribution < -0.4 is 10.2 Å². The van der Waals surface area contributed by atoms with E-state index in [9.17, 15) is 27.6 Å². The number of benzene rings is 1.